The Hall–Kier alpha value is -3.23. The lowest BCUT2D eigenvalue weighted by molar-refractivity contribution is -0.137. The summed E-state index contributed by atoms with van der Waals surface area (Å²) in [5, 5.41) is 12.9. The van der Waals surface area contributed by atoms with Crippen LogP contribution in [-0.4, -0.2) is 81.9 Å². The van der Waals surface area contributed by atoms with Crippen LogP contribution in [0.4, 0.5) is 24.8 Å². The lowest BCUT2D eigenvalue weighted by atomic mass is 10.1. The Kier molecular flexibility index (Phi) is 7.29. The van der Waals surface area contributed by atoms with E-state index < -0.39 is 21.8 Å². The number of benzene rings is 1. The molecule has 14 heteroatoms. The second-order valence-corrected chi connectivity index (χ2v) is 12.0. The minimum absolute atomic E-state index is 0.0266. The summed E-state index contributed by atoms with van der Waals surface area (Å²) < 4.78 is 68.2. The van der Waals surface area contributed by atoms with E-state index in [4.69, 9.17) is 0 Å². The molecular formula is C25H30F3N7O3S. The number of nitrogens with one attached hydrogen (secondary N) is 1. The molecule has 0 spiro atoms. The molecule has 1 aromatic carbocycles. The van der Waals surface area contributed by atoms with Crippen LogP contribution >= 0.6 is 0 Å². The van der Waals surface area contributed by atoms with E-state index in [-0.39, 0.29) is 29.5 Å². The standard InChI is InChI=1S/C25H30F3N7O3S/c1-16-11-18(33-8-7-19(36)13-33)3-4-22(16)34-14-21(30-15-34)23-20(25(26,27)28)12-29-24(32-23)31-17-5-9-35(10-6-17)39(2,37)38/h3-4,11-12,14-15,17,19,36H,5-10,13H2,1-2H3,(H,29,31,32)/t19-/m1/s1. The lowest BCUT2D eigenvalue weighted by Gasteiger charge is -2.30. The smallest absolute Gasteiger partial charge is 0.391 e. The number of imidazole rings is 1. The van der Waals surface area contributed by atoms with Gasteiger partial charge in [0.25, 0.3) is 0 Å². The fourth-order valence-electron chi connectivity index (χ4n) is 5.05. The largest absolute Gasteiger partial charge is 0.420 e. The van der Waals surface area contributed by atoms with Crippen molar-refractivity contribution in [2.45, 2.75) is 44.5 Å². The third kappa shape index (κ3) is 6.02. The number of aromatic nitrogens is 4. The number of rotatable bonds is 6. The molecule has 0 bridgehead atoms. The average molecular weight is 566 g/mol. The van der Waals surface area contributed by atoms with E-state index in [2.05, 4.69) is 25.2 Å². The number of hydrogen-bond acceptors (Lipinski definition) is 8. The summed E-state index contributed by atoms with van der Waals surface area (Å²) in [4.78, 5) is 14.4. The van der Waals surface area contributed by atoms with E-state index in [1.807, 2.05) is 25.1 Å². The second-order valence-electron chi connectivity index (χ2n) is 10.1. The summed E-state index contributed by atoms with van der Waals surface area (Å²) in [7, 11) is -3.29. The van der Waals surface area contributed by atoms with Crippen molar-refractivity contribution >= 4 is 21.7 Å². The Morgan fingerprint density at radius 3 is 2.46 bits per heavy atom. The molecule has 2 aliphatic rings. The van der Waals surface area contributed by atoms with Crippen LogP contribution in [-0.2, 0) is 16.2 Å². The molecule has 0 aliphatic carbocycles. The summed E-state index contributed by atoms with van der Waals surface area (Å²) in [6.45, 7) is 3.86. The zero-order valence-electron chi connectivity index (χ0n) is 21.6. The first-order valence-corrected chi connectivity index (χ1v) is 14.5. The molecule has 0 saturated carbocycles. The van der Waals surface area contributed by atoms with Gasteiger partial charge in [-0.15, -0.1) is 0 Å². The van der Waals surface area contributed by atoms with Crippen LogP contribution in [0.1, 0.15) is 30.4 Å². The maximum absolute atomic E-state index is 13.9. The SMILES string of the molecule is Cc1cc(N2CC[C@@H](O)C2)ccc1-n1cnc(-c2nc(NC3CCN(S(C)(=O)=O)CC3)ncc2C(F)(F)F)c1. The molecule has 0 radical (unpaired) electrons. The number of β-amino-alcohol motifs (C(OH)–C–C–N with tert-alkyl or cyclic N) is 1. The van der Waals surface area contributed by atoms with Crippen LogP contribution < -0.4 is 10.2 Å². The van der Waals surface area contributed by atoms with Crippen molar-refractivity contribution in [2.75, 3.05) is 42.7 Å². The normalized spacial score (nSPS) is 19.5. The number of nitrogens with zero attached hydrogens (tertiary/aromatic N) is 6. The molecule has 2 fully saturated rings. The number of aryl methyl sites for hydroxylation is 1. The second kappa shape index (κ2) is 10.4. The van der Waals surface area contributed by atoms with Gasteiger partial charge in [0, 0.05) is 56.0 Å². The van der Waals surface area contributed by atoms with E-state index in [0.717, 1.165) is 35.9 Å². The number of aliphatic hydroxyl groups excluding tert-OH is 1. The molecule has 0 unspecified atom stereocenters. The van der Waals surface area contributed by atoms with Crippen LogP contribution in [0.25, 0.3) is 17.1 Å². The number of alkyl halides is 3. The summed E-state index contributed by atoms with van der Waals surface area (Å²) in [5.74, 6) is 0.0266. The predicted octanol–water partition coefficient (Wildman–Crippen LogP) is 3.06. The highest BCUT2D eigenvalue weighted by molar-refractivity contribution is 7.88. The third-order valence-corrected chi connectivity index (χ3v) is 8.47. The molecule has 5 rings (SSSR count). The zero-order valence-corrected chi connectivity index (χ0v) is 22.4. The maximum atomic E-state index is 13.9. The number of piperidine rings is 1. The number of anilines is 2. The van der Waals surface area contributed by atoms with Crippen molar-refractivity contribution in [1.29, 1.82) is 0 Å². The van der Waals surface area contributed by atoms with Gasteiger partial charge in [0.15, 0.2) is 0 Å². The van der Waals surface area contributed by atoms with Crippen molar-refractivity contribution in [3.05, 3.63) is 48.0 Å². The molecule has 39 heavy (non-hydrogen) atoms. The highest BCUT2D eigenvalue weighted by atomic mass is 32.2. The molecule has 2 aliphatic heterocycles. The molecule has 210 valence electrons. The van der Waals surface area contributed by atoms with Gasteiger partial charge in [0.05, 0.1) is 18.7 Å². The lowest BCUT2D eigenvalue weighted by Crippen LogP contribution is -2.42. The van der Waals surface area contributed by atoms with Gasteiger partial charge in [0.1, 0.15) is 17.0 Å². The Morgan fingerprint density at radius 1 is 1.10 bits per heavy atom. The van der Waals surface area contributed by atoms with E-state index in [1.165, 1.54) is 16.8 Å². The molecule has 10 nitrogen and oxygen atoms in total. The predicted molar refractivity (Wildman–Crippen MR) is 140 cm³/mol. The summed E-state index contributed by atoms with van der Waals surface area (Å²) in [6, 6.07) is 5.60. The molecular weight excluding hydrogens is 535 g/mol. The van der Waals surface area contributed by atoms with E-state index in [9.17, 15) is 26.7 Å². The van der Waals surface area contributed by atoms with Gasteiger partial charge < -0.3 is 19.9 Å². The van der Waals surface area contributed by atoms with Crippen molar-refractivity contribution in [2.24, 2.45) is 0 Å². The third-order valence-electron chi connectivity index (χ3n) is 7.16. The van der Waals surface area contributed by atoms with Crippen LogP contribution in [0.2, 0.25) is 0 Å². The molecule has 2 saturated heterocycles. The zero-order chi connectivity index (χ0) is 27.9. The van der Waals surface area contributed by atoms with Gasteiger partial charge in [-0.05, 0) is 49.9 Å². The summed E-state index contributed by atoms with van der Waals surface area (Å²) in [6.07, 6.45) is 1.50. The van der Waals surface area contributed by atoms with Crippen LogP contribution in [0.5, 0.6) is 0 Å². The van der Waals surface area contributed by atoms with Gasteiger partial charge >= 0.3 is 6.18 Å². The van der Waals surface area contributed by atoms with Gasteiger partial charge in [-0.25, -0.2) is 27.7 Å². The van der Waals surface area contributed by atoms with Crippen molar-refractivity contribution in [3.63, 3.8) is 0 Å². The fourth-order valence-corrected chi connectivity index (χ4v) is 5.92. The molecule has 0 amide bonds. The average Bonchev–Trinajstić information content (AvgIpc) is 3.52. The summed E-state index contributed by atoms with van der Waals surface area (Å²) >= 11 is 0. The maximum Gasteiger partial charge on any atom is 0.420 e. The van der Waals surface area contributed by atoms with Crippen LogP contribution in [0, 0.1) is 6.92 Å². The molecule has 2 aromatic heterocycles. The summed E-state index contributed by atoms with van der Waals surface area (Å²) in [5.41, 5.74) is 1.35. The van der Waals surface area contributed by atoms with Gasteiger partial charge in [-0.1, -0.05) is 0 Å². The van der Waals surface area contributed by atoms with Crippen molar-refractivity contribution in [3.8, 4) is 17.1 Å². The van der Waals surface area contributed by atoms with Gasteiger partial charge in [-0.3, -0.25) is 0 Å². The number of hydrogen-bond donors (Lipinski definition) is 2. The fraction of sp³-hybridized carbons (Fsp3) is 0.480. The first-order valence-electron chi connectivity index (χ1n) is 12.6. The highest BCUT2D eigenvalue weighted by Gasteiger charge is 2.36. The van der Waals surface area contributed by atoms with Crippen molar-refractivity contribution < 1.29 is 26.7 Å². The van der Waals surface area contributed by atoms with Gasteiger partial charge in [-0.2, -0.15) is 13.2 Å². The highest BCUT2D eigenvalue weighted by Crippen LogP contribution is 2.36. The Morgan fingerprint density at radius 2 is 1.85 bits per heavy atom. The van der Waals surface area contributed by atoms with E-state index >= 15 is 0 Å². The van der Waals surface area contributed by atoms with E-state index in [1.54, 1.807) is 4.57 Å². The molecule has 2 N–H and O–H groups in total. The van der Waals surface area contributed by atoms with Crippen LogP contribution in [0.3, 0.4) is 0 Å². The number of aliphatic hydroxyl groups is 1. The minimum Gasteiger partial charge on any atom is -0.391 e. The van der Waals surface area contributed by atoms with Crippen molar-refractivity contribution in [1.82, 2.24) is 23.8 Å². The number of halogens is 3. The number of sulfonamides is 1. The molecule has 4 heterocycles. The molecule has 3 aromatic rings. The topological polar surface area (TPSA) is 116 Å². The Balaban J connectivity index is 1.39. The quantitative estimate of drug-likeness (QED) is 0.469. The molecule has 1 atom stereocenters. The minimum atomic E-state index is -4.68. The first-order chi connectivity index (χ1) is 18.4. The first kappa shape index (κ1) is 27.3. The Bertz CT molecular complexity index is 1450. The van der Waals surface area contributed by atoms with Crippen LogP contribution in [0.15, 0.2) is 36.9 Å². The monoisotopic (exact) mass is 565 g/mol. The van der Waals surface area contributed by atoms with E-state index in [0.29, 0.717) is 38.9 Å². The Labute approximate surface area is 224 Å². The van der Waals surface area contributed by atoms with Gasteiger partial charge in [0.2, 0.25) is 16.0 Å².